The molecular weight excluding hydrogens is 498 g/mol. The minimum Gasteiger partial charge on any atom is -0.454 e. The molecule has 5 atom stereocenters. The molecule has 0 aromatic heterocycles. The van der Waals surface area contributed by atoms with E-state index in [1.807, 2.05) is 6.07 Å². The molecule has 2 saturated carbocycles. The Labute approximate surface area is 218 Å². The zero-order valence-electron chi connectivity index (χ0n) is 19.9. The van der Waals surface area contributed by atoms with E-state index in [9.17, 15) is 24.0 Å². The average molecular weight is 524 g/mol. The summed E-state index contributed by atoms with van der Waals surface area (Å²) in [5, 5.41) is 0.462. The van der Waals surface area contributed by atoms with E-state index in [1.54, 1.807) is 24.3 Å². The van der Waals surface area contributed by atoms with Crippen LogP contribution in [-0.4, -0.2) is 47.1 Å². The molecule has 37 heavy (non-hydrogen) atoms. The number of nitrogens with one attached hydrogen (secondary N) is 2. The minimum absolute atomic E-state index is 0.0842. The Morgan fingerprint density at radius 2 is 1.54 bits per heavy atom. The van der Waals surface area contributed by atoms with Crippen molar-refractivity contribution >= 4 is 41.2 Å². The molecule has 1 aliphatic heterocycles. The predicted molar refractivity (Wildman–Crippen MR) is 132 cm³/mol. The molecule has 2 bridgehead atoms. The fourth-order valence-corrected chi connectivity index (χ4v) is 6.05. The molecule has 2 N–H and O–H groups in total. The number of hydrogen-bond acceptors (Lipinski definition) is 6. The number of hydrogen-bond donors (Lipinski definition) is 2. The molecule has 2 aromatic carbocycles. The lowest BCUT2D eigenvalue weighted by Crippen LogP contribution is -2.49. The number of imide groups is 1. The number of likely N-dealkylation sites (tertiary alicyclic amines) is 1. The summed E-state index contributed by atoms with van der Waals surface area (Å²) in [7, 11) is 0. The second-order valence-corrected chi connectivity index (χ2v) is 10.2. The van der Waals surface area contributed by atoms with E-state index < -0.39 is 30.4 Å². The molecule has 0 radical (unpaired) electrons. The fourth-order valence-electron chi connectivity index (χ4n) is 5.93. The van der Waals surface area contributed by atoms with Crippen LogP contribution in [0.4, 0.5) is 0 Å². The van der Waals surface area contributed by atoms with Crippen LogP contribution in [0.25, 0.3) is 0 Å². The minimum atomic E-state index is -1.18. The molecule has 0 unspecified atom stereocenters. The van der Waals surface area contributed by atoms with Crippen LogP contribution in [0.15, 0.2) is 54.6 Å². The van der Waals surface area contributed by atoms with Crippen LogP contribution in [0, 0.1) is 23.7 Å². The molecule has 5 rings (SSSR count). The standard InChI is InChI=1S/C27H26ClN3O6/c28-19-10-8-16(9-11-19)24(33)30-29-21(32)14-37-27(36)20(12-15-4-2-1-3-5-15)31-25(34)22-17-6-7-18(13-17)23(22)26(31)35/h1-5,8-11,17-18,20,22-23H,6-7,12-14H2,(H,29,32)(H,30,33)/t17-,18-,20+,22-,23+/m0/s1. The van der Waals surface area contributed by atoms with Gasteiger partial charge < -0.3 is 4.74 Å². The number of esters is 1. The zero-order valence-corrected chi connectivity index (χ0v) is 20.6. The maximum absolute atomic E-state index is 13.4. The summed E-state index contributed by atoms with van der Waals surface area (Å²) in [6.07, 6.45) is 2.82. The summed E-state index contributed by atoms with van der Waals surface area (Å²) < 4.78 is 5.23. The van der Waals surface area contributed by atoms with Gasteiger partial charge in [-0.2, -0.15) is 0 Å². The van der Waals surface area contributed by atoms with Crippen LogP contribution < -0.4 is 10.9 Å². The van der Waals surface area contributed by atoms with Crippen molar-refractivity contribution in [2.45, 2.75) is 31.7 Å². The van der Waals surface area contributed by atoms with Crippen LogP contribution in [-0.2, 0) is 30.3 Å². The Morgan fingerprint density at radius 3 is 2.16 bits per heavy atom. The quantitative estimate of drug-likeness (QED) is 0.326. The Balaban J connectivity index is 1.24. The van der Waals surface area contributed by atoms with Crippen LogP contribution in [0.5, 0.6) is 0 Å². The highest BCUT2D eigenvalue weighted by Gasteiger charge is 2.62. The second kappa shape index (κ2) is 10.3. The third-order valence-electron chi connectivity index (χ3n) is 7.58. The third kappa shape index (κ3) is 4.96. The number of carbonyl (C=O) groups is 5. The number of amides is 4. The monoisotopic (exact) mass is 523 g/mol. The van der Waals surface area contributed by atoms with Gasteiger partial charge in [-0.05, 0) is 60.9 Å². The first-order valence-corrected chi connectivity index (χ1v) is 12.6. The summed E-state index contributed by atoms with van der Waals surface area (Å²) in [4.78, 5) is 65.4. The number of nitrogens with zero attached hydrogens (tertiary/aromatic N) is 1. The van der Waals surface area contributed by atoms with E-state index in [0.717, 1.165) is 29.7 Å². The van der Waals surface area contributed by atoms with Crippen LogP contribution >= 0.6 is 11.6 Å². The van der Waals surface area contributed by atoms with Crippen molar-refractivity contribution in [2.75, 3.05) is 6.61 Å². The first-order valence-electron chi connectivity index (χ1n) is 12.3. The number of ether oxygens (including phenoxy) is 1. The van der Waals surface area contributed by atoms with Crippen LogP contribution in [0.2, 0.25) is 5.02 Å². The van der Waals surface area contributed by atoms with Crippen molar-refractivity contribution in [3.8, 4) is 0 Å². The van der Waals surface area contributed by atoms with Gasteiger partial charge in [-0.15, -0.1) is 0 Å². The van der Waals surface area contributed by atoms with Crippen molar-refractivity contribution < 1.29 is 28.7 Å². The van der Waals surface area contributed by atoms with Crippen molar-refractivity contribution in [1.29, 1.82) is 0 Å². The maximum atomic E-state index is 13.4. The molecule has 9 nitrogen and oxygen atoms in total. The van der Waals surface area contributed by atoms with Gasteiger partial charge >= 0.3 is 5.97 Å². The number of benzene rings is 2. The Kier molecular flexibility index (Phi) is 6.97. The van der Waals surface area contributed by atoms with E-state index in [4.69, 9.17) is 16.3 Å². The first kappa shape index (κ1) is 25.0. The molecule has 4 amide bonds. The highest BCUT2D eigenvalue weighted by atomic mass is 35.5. The summed E-state index contributed by atoms with van der Waals surface area (Å²) in [5.41, 5.74) is 5.44. The maximum Gasteiger partial charge on any atom is 0.330 e. The van der Waals surface area contributed by atoms with Gasteiger partial charge in [-0.3, -0.25) is 34.9 Å². The predicted octanol–water partition coefficient (Wildman–Crippen LogP) is 2.29. The van der Waals surface area contributed by atoms with Crippen molar-refractivity contribution in [3.05, 3.63) is 70.7 Å². The van der Waals surface area contributed by atoms with Gasteiger partial charge in [-0.1, -0.05) is 41.9 Å². The molecule has 0 spiro atoms. The SMILES string of the molecule is O=C(COC(=O)[C@@H](Cc1ccccc1)N1C(=O)[C@@H]2[C@H]3CC[C@@H](C3)[C@@H]2C1=O)NNC(=O)c1ccc(Cl)cc1. The summed E-state index contributed by atoms with van der Waals surface area (Å²) in [5.74, 6) is -3.22. The summed E-state index contributed by atoms with van der Waals surface area (Å²) in [6.45, 7) is -0.695. The third-order valence-corrected chi connectivity index (χ3v) is 7.84. The second-order valence-electron chi connectivity index (χ2n) is 9.75. The number of fused-ring (bicyclic) bond motifs is 5. The lowest BCUT2D eigenvalue weighted by atomic mass is 9.81. The lowest BCUT2D eigenvalue weighted by molar-refractivity contribution is -0.160. The average Bonchev–Trinajstić information content (AvgIpc) is 3.59. The smallest absolute Gasteiger partial charge is 0.330 e. The van der Waals surface area contributed by atoms with Crippen molar-refractivity contribution in [3.63, 3.8) is 0 Å². The molecule has 2 aliphatic carbocycles. The van der Waals surface area contributed by atoms with Crippen molar-refractivity contribution in [2.24, 2.45) is 23.7 Å². The Hall–Kier alpha value is -3.72. The first-order chi connectivity index (χ1) is 17.8. The van der Waals surface area contributed by atoms with Gasteiger partial charge in [0.15, 0.2) is 6.61 Å². The highest BCUT2D eigenvalue weighted by Crippen LogP contribution is 2.56. The molecule has 192 valence electrons. The molecule has 1 heterocycles. The molecule has 3 fully saturated rings. The van der Waals surface area contributed by atoms with Crippen molar-refractivity contribution in [1.82, 2.24) is 15.8 Å². The molecular formula is C27H26ClN3O6. The van der Waals surface area contributed by atoms with E-state index >= 15 is 0 Å². The number of rotatable bonds is 7. The molecule has 10 heteroatoms. The molecule has 1 saturated heterocycles. The van der Waals surface area contributed by atoms with Gasteiger partial charge in [0.05, 0.1) is 11.8 Å². The Bertz CT molecular complexity index is 1210. The van der Waals surface area contributed by atoms with E-state index in [-0.39, 0.29) is 47.5 Å². The highest BCUT2D eigenvalue weighted by molar-refractivity contribution is 6.30. The van der Waals surface area contributed by atoms with Gasteiger partial charge in [0.25, 0.3) is 11.8 Å². The number of halogens is 1. The molecule has 2 aromatic rings. The fraction of sp³-hybridized carbons (Fsp3) is 0.370. The number of carbonyl (C=O) groups excluding carboxylic acids is 5. The van der Waals surface area contributed by atoms with E-state index in [2.05, 4.69) is 10.9 Å². The largest absolute Gasteiger partial charge is 0.454 e. The van der Waals surface area contributed by atoms with Gasteiger partial charge in [-0.25, -0.2) is 4.79 Å². The van der Waals surface area contributed by atoms with E-state index in [0.29, 0.717) is 5.02 Å². The lowest BCUT2D eigenvalue weighted by Gasteiger charge is -2.26. The summed E-state index contributed by atoms with van der Waals surface area (Å²) in [6, 6.07) is 13.9. The normalized spacial score (nSPS) is 24.5. The van der Waals surface area contributed by atoms with Crippen LogP contribution in [0.3, 0.4) is 0 Å². The van der Waals surface area contributed by atoms with Crippen LogP contribution in [0.1, 0.15) is 35.2 Å². The van der Waals surface area contributed by atoms with Gasteiger partial charge in [0.2, 0.25) is 11.8 Å². The van der Waals surface area contributed by atoms with E-state index in [1.165, 1.54) is 24.3 Å². The molecule has 3 aliphatic rings. The van der Waals surface area contributed by atoms with Gasteiger partial charge in [0, 0.05) is 17.0 Å². The number of hydrazine groups is 1. The summed E-state index contributed by atoms with van der Waals surface area (Å²) >= 11 is 5.81. The topological polar surface area (TPSA) is 122 Å². The Morgan fingerprint density at radius 1 is 0.919 bits per heavy atom. The van der Waals surface area contributed by atoms with Gasteiger partial charge in [0.1, 0.15) is 6.04 Å². The zero-order chi connectivity index (χ0) is 26.1.